The SMILES string of the molecule is CCC(=O)c1ccc(OCCOc2cccc3cccnc23)cc1. The Labute approximate surface area is 141 Å². The second kappa shape index (κ2) is 7.59. The van der Waals surface area contributed by atoms with Crippen molar-refractivity contribution < 1.29 is 14.3 Å². The minimum absolute atomic E-state index is 0.133. The van der Waals surface area contributed by atoms with E-state index in [1.165, 1.54) is 0 Å². The lowest BCUT2D eigenvalue weighted by molar-refractivity contribution is 0.0988. The van der Waals surface area contributed by atoms with Gasteiger partial charge in [0.15, 0.2) is 5.78 Å². The summed E-state index contributed by atoms with van der Waals surface area (Å²) in [6.45, 7) is 2.70. The second-order valence-electron chi connectivity index (χ2n) is 5.33. The third-order valence-electron chi connectivity index (χ3n) is 3.70. The number of carbonyl (C=O) groups excluding carboxylic acids is 1. The summed E-state index contributed by atoms with van der Waals surface area (Å²) in [6, 6.07) is 17.0. The molecule has 0 aliphatic rings. The molecule has 0 fully saturated rings. The van der Waals surface area contributed by atoms with Crippen molar-refractivity contribution in [2.75, 3.05) is 13.2 Å². The molecular weight excluding hydrogens is 302 g/mol. The molecule has 1 aromatic heterocycles. The number of nitrogens with zero attached hydrogens (tertiary/aromatic N) is 1. The Balaban J connectivity index is 1.54. The molecule has 2 aromatic carbocycles. The summed E-state index contributed by atoms with van der Waals surface area (Å²) in [6.07, 6.45) is 2.26. The molecule has 0 saturated carbocycles. The molecule has 0 bridgehead atoms. The van der Waals surface area contributed by atoms with Gasteiger partial charge in [0, 0.05) is 23.6 Å². The zero-order valence-electron chi connectivity index (χ0n) is 13.6. The van der Waals surface area contributed by atoms with Crippen LogP contribution in [0.15, 0.2) is 60.8 Å². The molecule has 24 heavy (non-hydrogen) atoms. The van der Waals surface area contributed by atoms with Crippen molar-refractivity contribution in [3.63, 3.8) is 0 Å². The van der Waals surface area contributed by atoms with E-state index in [9.17, 15) is 4.79 Å². The van der Waals surface area contributed by atoms with Gasteiger partial charge in [0.1, 0.15) is 30.2 Å². The fraction of sp³-hybridized carbons (Fsp3) is 0.200. The van der Waals surface area contributed by atoms with Crippen molar-refractivity contribution in [1.82, 2.24) is 4.98 Å². The molecule has 0 aliphatic heterocycles. The molecule has 4 nitrogen and oxygen atoms in total. The predicted molar refractivity (Wildman–Crippen MR) is 93.8 cm³/mol. The first-order valence-corrected chi connectivity index (χ1v) is 8.00. The van der Waals surface area contributed by atoms with Gasteiger partial charge in [0.25, 0.3) is 0 Å². The van der Waals surface area contributed by atoms with Crippen LogP contribution in [0.2, 0.25) is 0 Å². The summed E-state index contributed by atoms with van der Waals surface area (Å²) < 4.78 is 11.4. The number of ether oxygens (including phenoxy) is 2. The van der Waals surface area contributed by atoms with E-state index in [1.807, 2.05) is 49.4 Å². The van der Waals surface area contributed by atoms with Gasteiger partial charge in [-0.2, -0.15) is 0 Å². The van der Waals surface area contributed by atoms with Crippen molar-refractivity contribution in [3.05, 3.63) is 66.4 Å². The van der Waals surface area contributed by atoms with Crippen LogP contribution in [0.1, 0.15) is 23.7 Å². The van der Waals surface area contributed by atoms with E-state index in [1.54, 1.807) is 18.3 Å². The minimum Gasteiger partial charge on any atom is -0.490 e. The number of fused-ring (bicyclic) bond motifs is 1. The Morgan fingerprint density at radius 2 is 1.71 bits per heavy atom. The summed E-state index contributed by atoms with van der Waals surface area (Å²) in [7, 11) is 0. The van der Waals surface area contributed by atoms with Gasteiger partial charge >= 0.3 is 0 Å². The Morgan fingerprint density at radius 3 is 2.50 bits per heavy atom. The van der Waals surface area contributed by atoms with E-state index >= 15 is 0 Å². The minimum atomic E-state index is 0.133. The molecule has 0 N–H and O–H groups in total. The van der Waals surface area contributed by atoms with Gasteiger partial charge in [-0.05, 0) is 36.4 Å². The zero-order chi connectivity index (χ0) is 16.8. The summed E-state index contributed by atoms with van der Waals surface area (Å²) >= 11 is 0. The highest BCUT2D eigenvalue weighted by Gasteiger charge is 2.04. The van der Waals surface area contributed by atoms with Crippen molar-refractivity contribution in [1.29, 1.82) is 0 Å². The Hall–Kier alpha value is -2.88. The standard InChI is InChI=1S/C20H19NO3/c1-2-18(22)15-8-10-17(11-9-15)23-13-14-24-19-7-3-5-16-6-4-12-21-20(16)19/h3-12H,2,13-14H2,1H3. The predicted octanol–water partition coefficient (Wildman–Crippen LogP) is 4.29. The normalized spacial score (nSPS) is 10.5. The fourth-order valence-corrected chi connectivity index (χ4v) is 2.45. The lowest BCUT2D eigenvalue weighted by atomic mass is 10.1. The topological polar surface area (TPSA) is 48.4 Å². The first-order chi connectivity index (χ1) is 11.8. The first kappa shape index (κ1) is 16.0. The van der Waals surface area contributed by atoms with Gasteiger partial charge in [0.2, 0.25) is 0 Å². The maximum atomic E-state index is 11.6. The molecule has 4 heteroatoms. The number of ketones is 1. The van der Waals surface area contributed by atoms with Crippen LogP contribution in [0.3, 0.4) is 0 Å². The number of Topliss-reactive ketones (excluding diaryl/α,β-unsaturated/α-hetero) is 1. The summed E-state index contributed by atoms with van der Waals surface area (Å²) in [4.78, 5) is 15.9. The van der Waals surface area contributed by atoms with Gasteiger partial charge in [-0.1, -0.05) is 25.1 Å². The number of para-hydroxylation sites is 1. The van der Waals surface area contributed by atoms with Crippen LogP contribution in [0.25, 0.3) is 10.9 Å². The van der Waals surface area contributed by atoms with Crippen LogP contribution in [0.4, 0.5) is 0 Å². The smallest absolute Gasteiger partial charge is 0.162 e. The molecule has 122 valence electrons. The highest BCUT2D eigenvalue weighted by atomic mass is 16.5. The van der Waals surface area contributed by atoms with E-state index in [2.05, 4.69) is 4.98 Å². The lowest BCUT2D eigenvalue weighted by Crippen LogP contribution is -2.09. The Morgan fingerprint density at radius 1 is 0.958 bits per heavy atom. The maximum Gasteiger partial charge on any atom is 0.162 e. The van der Waals surface area contributed by atoms with Crippen LogP contribution in [0, 0.1) is 0 Å². The van der Waals surface area contributed by atoms with Crippen LogP contribution in [-0.2, 0) is 0 Å². The molecular formula is C20H19NO3. The molecule has 3 rings (SSSR count). The zero-order valence-corrected chi connectivity index (χ0v) is 13.6. The Bertz CT molecular complexity index is 822. The van der Waals surface area contributed by atoms with E-state index in [-0.39, 0.29) is 5.78 Å². The third kappa shape index (κ3) is 3.71. The number of hydrogen-bond acceptors (Lipinski definition) is 4. The van der Waals surface area contributed by atoms with E-state index < -0.39 is 0 Å². The number of hydrogen-bond donors (Lipinski definition) is 0. The molecule has 0 atom stereocenters. The highest BCUT2D eigenvalue weighted by Crippen LogP contribution is 2.22. The van der Waals surface area contributed by atoms with Crippen molar-refractivity contribution in [2.45, 2.75) is 13.3 Å². The van der Waals surface area contributed by atoms with Gasteiger partial charge < -0.3 is 9.47 Å². The van der Waals surface area contributed by atoms with Gasteiger partial charge in [-0.25, -0.2) is 0 Å². The Kier molecular flexibility index (Phi) is 5.06. The number of aromatic nitrogens is 1. The van der Waals surface area contributed by atoms with Crippen molar-refractivity contribution >= 4 is 16.7 Å². The van der Waals surface area contributed by atoms with Crippen LogP contribution >= 0.6 is 0 Å². The summed E-state index contributed by atoms with van der Waals surface area (Å²) in [5.74, 6) is 1.61. The molecule has 3 aromatic rings. The number of benzene rings is 2. The average molecular weight is 321 g/mol. The van der Waals surface area contributed by atoms with Crippen LogP contribution in [0.5, 0.6) is 11.5 Å². The van der Waals surface area contributed by atoms with E-state index in [0.717, 1.165) is 22.4 Å². The van der Waals surface area contributed by atoms with E-state index in [0.29, 0.717) is 25.2 Å². The largest absolute Gasteiger partial charge is 0.490 e. The van der Waals surface area contributed by atoms with Crippen molar-refractivity contribution in [3.8, 4) is 11.5 Å². The third-order valence-corrected chi connectivity index (χ3v) is 3.70. The molecule has 0 saturated heterocycles. The molecule has 0 aliphatic carbocycles. The molecule has 1 heterocycles. The average Bonchev–Trinajstić information content (AvgIpc) is 2.65. The number of pyridine rings is 1. The summed E-state index contributed by atoms with van der Waals surface area (Å²) in [5.41, 5.74) is 1.56. The molecule has 0 unspecified atom stereocenters. The van der Waals surface area contributed by atoms with Crippen LogP contribution in [-0.4, -0.2) is 24.0 Å². The number of rotatable bonds is 7. The first-order valence-electron chi connectivity index (χ1n) is 8.00. The maximum absolute atomic E-state index is 11.6. The molecule has 0 spiro atoms. The fourth-order valence-electron chi connectivity index (χ4n) is 2.45. The monoisotopic (exact) mass is 321 g/mol. The molecule has 0 amide bonds. The summed E-state index contributed by atoms with van der Waals surface area (Å²) in [5, 5.41) is 1.05. The van der Waals surface area contributed by atoms with Crippen LogP contribution < -0.4 is 9.47 Å². The van der Waals surface area contributed by atoms with Crippen molar-refractivity contribution in [2.24, 2.45) is 0 Å². The van der Waals surface area contributed by atoms with Gasteiger partial charge in [0.05, 0.1) is 0 Å². The van der Waals surface area contributed by atoms with E-state index in [4.69, 9.17) is 9.47 Å². The highest BCUT2D eigenvalue weighted by molar-refractivity contribution is 5.95. The van der Waals surface area contributed by atoms with Gasteiger partial charge in [-0.3, -0.25) is 9.78 Å². The van der Waals surface area contributed by atoms with Gasteiger partial charge in [-0.15, -0.1) is 0 Å². The molecule has 0 radical (unpaired) electrons. The quantitative estimate of drug-likeness (QED) is 0.481. The number of carbonyl (C=O) groups is 1. The lowest BCUT2D eigenvalue weighted by Gasteiger charge is -2.10. The second-order valence-corrected chi connectivity index (χ2v) is 5.33.